The summed E-state index contributed by atoms with van der Waals surface area (Å²) in [5.41, 5.74) is 7.33. The zero-order valence-electron chi connectivity index (χ0n) is 23.1. The molecule has 0 aliphatic carbocycles. The summed E-state index contributed by atoms with van der Waals surface area (Å²) in [6.07, 6.45) is 0.577. The Morgan fingerprint density at radius 1 is 1.05 bits per heavy atom. The summed E-state index contributed by atoms with van der Waals surface area (Å²) in [5, 5.41) is 9.72. The molecule has 2 aromatic carbocycles. The Kier molecular flexibility index (Phi) is 11.4. The van der Waals surface area contributed by atoms with E-state index in [1.165, 1.54) is 23.3 Å². The molecule has 0 spiro atoms. The van der Waals surface area contributed by atoms with Crippen molar-refractivity contribution in [2.24, 2.45) is 5.73 Å². The van der Waals surface area contributed by atoms with E-state index in [0.29, 0.717) is 35.0 Å². The van der Waals surface area contributed by atoms with Crippen molar-refractivity contribution in [1.29, 1.82) is 0 Å². The molecule has 0 bridgehead atoms. The van der Waals surface area contributed by atoms with Crippen LogP contribution in [0.15, 0.2) is 59.5 Å². The van der Waals surface area contributed by atoms with Gasteiger partial charge in [-0.15, -0.1) is 11.3 Å². The Hall–Kier alpha value is -3.05. The SMILES string of the molecule is CNc1cc(C(C)(C)C)sc1C(=O)NC(CC(=O)NCCNSc1ccc(C(N)=O)cc1)Cc1cccc(Cl)c1. The number of nitrogens with one attached hydrogen (secondary N) is 4. The maximum Gasteiger partial charge on any atom is 0.263 e. The molecule has 214 valence electrons. The Morgan fingerprint density at radius 3 is 2.40 bits per heavy atom. The van der Waals surface area contributed by atoms with Gasteiger partial charge in [-0.3, -0.25) is 19.1 Å². The van der Waals surface area contributed by atoms with E-state index in [4.69, 9.17) is 17.3 Å². The number of carbonyl (C=O) groups excluding carboxylic acids is 3. The molecule has 40 heavy (non-hydrogen) atoms. The molecular formula is C29H36ClN5O3S2. The van der Waals surface area contributed by atoms with Crippen LogP contribution in [0, 0.1) is 0 Å². The highest BCUT2D eigenvalue weighted by Gasteiger charge is 2.25. The van der Waals surface area contributed by atoms with Crippen molar-refractivity contribution in [3.8, 4) is 0 Å². The average Bonchev–Trinajstić information content (AvgIpc) is 3.34. The van der Waals surface area contributed by atoms with E-state index < -0.39 is 11.9 Å². The molecule has 1 aromatic heterocycles. The van der Waals surface area contributed by atoms with E-state index >= 15 is 0 Å². The summed E-state index contributed by atoms with van der Waals surface area (Å²) >= 11 is 9.04. The van der Waals surface area contributed by atoms with Gasteiger partial charge in [0.25, 0.3) is 5.91 Å². The molecular weight excluding hydrogens is 566 g/mol. The molecule has 0 saturated carbocycles. The van der Waals surface area contributed by atoms with E-state index in [1.54, 1.807) is 37.4 Å². The Bertz CT molecular complexity index is 1320. The summed E-state index contributed by atoms with van der Waals surface area (Å²) < 4.78 is 3.18. The van der Waals surface area contributed by atoms with E-state index in [9.17, 15) is 14.4 Å². The topological polar surface area (TPSA) is 125 Å². The van der Waals surface area contributed by atoms with Gasteiger partial charge in [-0.25, -0.2) is 0 Å². The lowest BCUT2D eigenvalue weighted by molar-refractivity contribution is -0.121. The highest BCUT2D eigenvalue weighted by molar-refractivity contribution is 7.97. The van der Waals surface area contributed by atoms with E-state index in [2.05, 4.69) is 41.4 Å². The number of anilines is 1. The van der Waals surface area contributed by atoms with Crippen LogP contribution in [-0.2, 0) is 16.6 Å². The van der Waals surface area contributed by atoms with Gasteiger partial charge in [0.1, 0.15) is 4.88 Å². The Morgan fingerprint density at radius 2 is 1.77 bits per heavy atom. The normalized spacial score (nSPS) is 12.0. The summed E-state index contributed by atoms with van der Waals surface area (Å²) in [6, 6.07) is 16.0. The first kappa shape index (κ1) is 31.5. The highest BCUT2D eigenvalue weighted by atomic mass is 35.5. The number of benzene rings is 2. The van der Waals surface area contributed by atoms with Gasteiger partial charge in [-0.2, -0.15) is 0 Å². The van der Waals surface area contributed by atoms with Gasteiger partial charge in [0, 0.05) is 53.0 Å². The molecule has 1 heterocycles. The molecule has 11 heteroatoms. The molecule has 6 N–H and O–H groups in total. The largest absolute Gasteiger partial charge is 0.387 e. The maximum absolute atomic E-state index is 13.4. The second-order valence-electron chi connectivity index (χ2n) is 10.3. The minimum Gasteiger partial charge on any atom is -0.387 e. The summed E-state index contributed by atoms with van der Waals surface area (Å²) in [6.45, 7) is 7.26. The lowest BCUT2D eigenvalue weighted by Gasteiger charge is -2.19. The van der Waals surface area contributed by atoms with Crippen molar-refractivity contribution < 1.29 is 14.4 Å². The van der Waals surface area contributed by atoms with Crippen LogP contribution >= 0.6 is 34.9 Å². The van der Waals surface area contributed by atoms with E-state index in [1.807, 2.05) is 24.3 Å². The van der Waals surface area contributed by atoms with E-state index in [-0.39, 0.29) is 23.7 Å². The number of primary amides is 1. The smallest absolute Gasteiger partial charge is 0.263 e. The second kappa shape index (κ2) is 14.5. The molecule has 3 rings (SSSR count). The fraction of sp³-hybridized carbons (Fsp3) is 0.345. The van der Waals surface area contributed by atoms with E-state index in [0.717, 1.165) is 21.0 Å². The Labute approximate surface area is 249 Å². The van der Waals surface area contributed by atoms with Gasteiger partial charge < -0.3 is 21.7 Å². The quantitative estimate of drug-likeness (QED) is 0.139. The molecule has 3 aromatic rings. The third kappa shape index (κ3) is 9.55. The average molecular weight is 602 g/mol. The molecule has 1 atom stereocenters. The molecule has 1 unspecified atom stereocenters. The molecule has 0 radical (unpaired) electrons. The van der Waals surface area contributed by atoms with Crippen molar-refractivity contribution in [2.75, 3.05) is 25.5 Å². The predicted molar refractivity (Wildman–Crippen MR) is 165 cm³/mol. The summed E-state index contributed by atoms with van der Waals surface area (Å²) in [7, 11) is 1.80. The summed E-state index contributed by atoms with van der Waals surface area (Å²) in [5.74, 6) is -0.852. The first-order chi connectivity index (χ1) is 19.0. The molecule has 8 nitrogen and oxygen atoms in total. The number of halogens is 1. The number of carbonyl (C=O) groups is 3. The van der Waals surface area contributed by atoms with Crippen molar-refractivity contribution >= 4 is 58.3 Å². The van der Waals surface area contributed by atoms with Crippen molar-refractivity contribution in [1.82, 2.24) is 15.4 Å². The fourth-order valence-electron chi connectivity index (χ4n) is 3.86. The minimum atomic E-state index is -0.468. The molecule has 3 amide bonds. The monoisotopic (exact) mass is 601 g/mol. The zero-order chi connectivity index (χ0) is 29.3. The number of amides is 3. The van der Waals surface area contributed by atoms with Crippen LogP contribution in [-0.4, -0.2) is 43.9 Å². The molecule has 0 saturated heterocycles. The molecule has 0 aliphatic rings. The minimum absolute atomic E-state index is 0.0891. The number of hydrogen-bond donors (Lipinski definition) is 5. The number of nitrogens with two attached hydrogens (primary N) is 1. The number of hydrogen-bond acceptors (Lipinski definition) is 7. The second-order valence-corrected chi connectivity index (χ2v) is 12.7. The van der Waals surface area contributed by atoms with Crippen molar-refractivity contribution in [3.63, 3.8) is 0 Å². The van der Waals surface area contributed by atoms with Gasteiger partial charge in [0.05, 0.1) is 5.69 Å². The maximum atomic E-state index is 13.4. The first-order valence-corrected chi connectivity index (χ1v) is 14.9. The van der Waals surface area contributed by atoms with Gasteiger partial charge in [-0.1, -0.05) is 44.5 Å². The summed E-state index contributed by atoms with van der Waals surface area (Å²) in [4.78, 5) is 40.0. The standard InChI is InChI=1S/C29H36ClN5O3S2/c1-29(2,3)24-17-23(32-4)26(39-24)28(38)35-21(15-18-6-5-7-20(30)14-18)16-25(36)33-12-13-34-40-22-10-8-19(9-11-22)27(31)37/h5-11,14,17,21,32,34H,12-13,15-16H2,1-4H3,(H2,31,37)(H,33,36)(H,35,38). The lowest BCUT2D eigenvalue weighted by atomic mass is 9.94. The Balaban J connectivity index is 1.59. The molecule has 0 fully saturated rings. The van der Waals surface area contributed by atoms with Crippen LogP contribution in [0.5, 0.6) is 0 Å². The van der Waals surface area contributed by atoms with Gasteiger partial charge in [0.2, 0.25) is 11.8 Å². The van der Waals surface area contributed by atoms with Crippen LogP contribution in [0.25, 0.3) is 0 Å². The zero-order valence-corrected chi connectivity index (χ0v) is 25.5. The van der Waals surface area contributed by atoms with Gasteiger partial charge in [0.15, 0.2) is 0 Å². The third-order valence-corrected chi connectivity index (χ3v) is 8.61. The van der Waals surface area contributed by atoms with Crippen LogP contribution in [0.2, 0.25) is 5.02 Å². The highest BCUT2D eigenvalue weighted by Crippen LogP contribution is 2.35. The van der Waals surface area contributed by atoms with Crippen LogP contribution in [0.1, 0.15) is 57.7 Å². The predicted octanol–water partition coefficient (Wildman–Crippen LogP) is 4.98. The number of thiophene rings is 1. The van der Waals surface area contributed by atoms with Gasteiger partial charge in [-0.05, 0) is 71.8 Å². The third-order valence-electron chi connectivity index (χ3n) is 5.96. The number of rotatable bonds is 13. The first-order valence-electron chi connectivity index (χ1n) is 12.9. The lowest BCUT2D eigenvalue weighted by Crippen LogP contribution is -2.41. The van der Waals surface area contributed by atoms with Crippen LogP contribution < -0.4 is 26.4 Å². The fourth-order valence-corrected chi connectivity index (χ4v) is 5.84. The van der Waals surface area contributed by atoms with Crippen LogP contribution in [0.4, 0.5) is 5.69 Å². The van der Waals surface area contributed by atoms with Gasteiger partial charge >= 0.3 is 0 Å². The van der Waals surface area contributed by atoms with Crippen molar-refractivity contribution in [3.05, 3.63) is 80.5 Å². The van der Waals surface area contributed by atoms with Crippen LogP contribution in [0.3, 0.4) is 0 Å². The van der Waals surface area contributed by atoms with Crippen molar-refractivity contribution in [2.45, 2.75) is 50.0 Å². The molecule has 0 aliphatic heterocycles.